The van der Waals surface area contributed by atoms with Crippen LogP contribution >= 0.6 is 0 Å². The fraction of sp³-hybridized carbons (Fsp3) is 0.200. The van der Waals surface area contributed by atoms with Crippen LogP contribution in [0.5, 0.6) is 0 Å². The number of hydrogen-bond acceptors (Lipinski definition) is 3. The lowest BCUT2D eigenvalue weighted by molar-refractivity contribution is 0.100. The number of rotatable bonds is 5. The summed E-state index contributed by atoms with van der Waals surface area (Å²) in [7, 11) is 0. The van der Waals surface area contributed by atoms with Crippen molar-refractivity contribution in [3.8, 4) is 0 Å². The molecule has 4 heteroatoms. The number of amides is 1. The average Bonchev–Trinajstić information content (AvgIpc) is 2.46. The van der Waals surface area contributed by atoms with Gasteiger partial charge in [-0.25, -0.2) is 0 Å². The summed E-state index contributed by atoms with van der Waals surface area (Å²) in [6, 6.07) is 11.5. The molecule has 0 aliphatic heterocycles. The third-order valence-electron chi connectivity index (χ3n) is 3.06. The summed E-state index contributed by atoms with van der Waals surface area (Å²) in [5.41, 5.74) is 8.05. The predicted octanol–water partition coefficient (Wildman–Crippen LogP) is 2.03. The summed E-state index contributed by atoms with van der Waals surface area (Å²) in [5, 5.41) is 3.42. The van der Waals surface area contributed by atoms with Gasteiger partial charge in [0.25, 0.3) is 0 Å². The van der Waals surface area contributed by atoms with E-state index in [1.807, 2.05) is 24.3 Å². The fourth-order valence-corrected chi connectivity index (χ4v) is 1.83. The number of nitrogens with zero attached hydrogens (tertiary/aromatic N) is 1. The van der Waals surface area contributed by atoms with Gasteiger partial charge in [-0.3, -0.25) is 9.78 Å². The van der Waals surface area contributed by atoms with Gasteiger partial charge in [0.2, 0.25) is 5.91 Å². The third-order valence-corrected chi connectivity index (χ3v) is 3.06. The quantitative estimate of drug-likeness (QED) is 0.859. The van der Waals surface area contributed by atoms with Crippen LogP contribution in [0.2, 0.25) is 0 Å². The molecule has 1 amide bonds. The summed E-state index contributed by atoms with van der Waals surface area (Å²) >= 11 is 0. The fourth-order valence-electron chi connectivity index (χ4n) is 1.83. The summed E-state index contributed by atoms with van der Waals surface area (Å²) in [5.74, 6) is -0.398. The van der Waals surface area contributed by atoms with Crippen LogP contribution in [0.1, 0.15) is 34.5 Å². The maximum absolute atomic E-state index is 11.0. The normalized spacial score (nSPS) is 12.1. The largest absolute Gasteiger partial charge is 0.366 e. The third kappa shape index (κ3) is 3.63. The number of nitrogens with one attached hydrogen (secondary N) is 1. The minimum Gasteiger partial charge on any atom is -0.366 e. The summed E-state index contributed by atoms with van der Waals surface area (Å²) in [4.78, 5) is 15.0. The van der Waals surface area contributed by atoms with Gasteiger partial charge in [-0.05, 0) is 42.3 Å². The topological polar surface area (TPSA) is 68.0 Å². The first-order valence-corrected chi connectivity index (χ1v) is 6.19. The van der Waals surface area contributed by atoms with Crippen LogP contribution in [0.15, 0.2) is 48.8 Å². The Kier molecular flexibility index (Phi) is 4.26. The Morgan fingerprint density at radius 2 is 1.84 bits per heavy atom. The van der Waals surface area contributed by atoms with Crippen molar-refractivity contribution < 1.29 is 4.79 Å². The van der Waals surface area contributed by atoms with Gasteiger partial charge in [-0.1, -0.05) is 12.1 Å². The molecule has 1 unspecified atom stereocenters. The first-order chi connectivity index (χ1) is 9.16. The minimum absolute atomic E-state index is 0.249. The van der Waals surface area contributed by atoms with Gasteiger partial charge >= 0.3 is 0 Å². The van der Waals surface area contributed by atoms with Gasteiger partial charge in [-0.15, -0.1) is 0 Å². The van der Waals surface area contributed by atoms with Gasteiger partial charge in [0.05, 0.1) is 0 Å². The van der Waals surface area contributed by atoms with E-state index >= 15 is 0 Å². The Labute approximate surface area is 112 Å². The van der Waals surface area contributed by atoms with Crippen molar-refractivity contribution in [2.75, 3.05) is 0 Å². The Balaban J connectivity index is 1.93. The van der Waals surface area contributed by atoms with Crippen LogP contribution in [0.25, 0.3) is 0 Å². The molecule has 2 aromatic rings. The predicted molar refractivity (Wildman–Crippen MR) is 74.5 cm³/mol. The molecule has 0 saturated heterocycles. The summed E-state index contributed by atoms with van der Waals surface area (Å²) < 4.78 is 0. The standard InChI is InChI=1S/C15H17N3O/c1-11(13-6-8-17-9-7-13)18-10-12-2-4-14(5-3-12)15(16)19/h2-9,11,18H,10H2,1H3,(H2,16,19). The molecule has 98 valence electrons. The molecule has 0 bridgehead atoms. The summed E-state index contributed by atoms with van der Waals surface area (Å²) in [6.45, 7) is 2.84. The molecule has 4 nitrogen and oxygen atoms in total. The molecular formula is C15H17N3O. The molecule has 1 aromatic carbocycles. The van der Waals surface area contributed by atoms with Crippen molar-refractivity contribution in [1.82, 2.24) is 10.3 Å². The second-order valence-corrected chi connectivity index (χ2v) is 4.44. The molecule has 0 fully saturated rings. The number of primary amides is 1. The Morgan fingerprint density at radius 1 is 1.21 bits per heavy atom. The van der Waals surface area contributed by atoms with Crippen molar-refractivity contribution in [3.05, 3.63) is 65.5 Å². The number of pyridine rings is 1. The first kappa shape index (κ1) is 13.2. The van der Waals surface area contributed by atoms with Crippen molar-refractivity contribution in [3.63, 3.8) is 0 Å². The minimum atomic E-state index is -0.398. The lowest BCUT2D eigenvalue weighted by Gasteiger charge is -2.14. The van der Waals surface area contributed by atoms with Gasteiger partial charge in [0, 0.05) is 30.5 Å². The molecule has 1 heterocycles. The highest BCUT2D eigenvalue weighted by atomic mass is 16.1. The van der Waals surface area contributed by atoms with Crippen LogP contribution in [-0.2, 0) is 6.54 Å². The van der Waals surface area contributed by atoms with Gasteiger partial charge in [0.1, 0.15) is 0 Å². The molecule has 2 rings (SSSR count). The van der Waals surface area contributed by atoms with Crippen molar-refractivity contribution in [2.45, 2.75) is 19.5 Å². The van der Waals surface area contributed by atoms with Gasteiger partial charge in [0.15, 0.2) is 0 Å². The lowest BCUT2D eigenvalue weighted by atomic mass is 10.1. The maximum atomic E-state index is 11.0. The Bertz CT molecular complexity index is 537. The molecule has 0 aliphatic rings. The van der Waals surface area contributed by atoms with Crippen molar-refractivity contribution in [1.29, 1.82) is 0 Å². The Morgan fingerprint density at radius 3 is 2.42 bits per heavy atom. The van der Waals surface area contributed by atoms with Gasteiger partial charge in [-0.2, -0.15) is 0 Å². The molecule has 0 aliphatic carbocycles. The second-order valence-electron chi connectivity index (χ2n) is 4.44. The van der Waals surface area contributed by atoms with Crippen molar-refractivity contribution >= 4 is 5.91 Å². The number of carbonyl (C=O) groups excluding carboxylic acids is 1. The highest BCUT2D eigenvalue weighted by Gasteiger charge is 2.04. The molecule has 1 atom stereocenters. The first-order valence-electron chi connectivity index (χ1n) is 6.19. The zero-order valence-corrected chi connectivity index (χ0v) is 10.8. The van der Waals surface area contributed by atoms with E-state index in [9.17, 15) is 4.79 Å². The average molecular weight is 255 g/mol. The highest BCUT2D eigenvalue weighted by molar-refractivity contribution is 5.92. The van der Waals surface area contributed by atoms with E-state index < -0.39 is 5.91 Å². The van der Waals surface area contributed by atoms with Crippen LogP contribution in [-0.4, -0.2) is 10.9 Å². The van der Waals surface area contributed by atoms with E-state index in [0.717, 1.165) is 12.1 Å². The molecule has 0 saturated carbocycles. The molecule has 3 N–H and O–H groups in total. The van der Waals surface area contributed by atoms with E-state index in [-0.39, 0.29) is 6.04 Å². The number of benzene rings is 1. The van der Waals surface area contributed by atoms with Crippen LogP contribution in [0, 0.1) is 0 Å². The van der Waals surface area contributed by atoms with Crippen molar-refractivity contribution in [2.24, 2.45) is 5.73 Å². The zero-order chi connectivity index (χ0) is 13.7. The van der Waals surface area contributed by atoms with E-state index in [2.05, 4.69) is 17.2 Å². The zero-order valence-electron chi connectivity index (χ0n) is 10.8. The molecular weight excluding hydrogens is 238 g/mol. The van der Waals surface area contributed by atoms with E-state index in [0.29, 0.717) is 5.56 Å². The van der Waals surface area contributed by atoms with E-state index in [1.54, 1.807) is 24.5 Å². The number of hydrogen-bond donors (Lipinski definition) is 2. The van der Waals surface area contributed by atoms with Crippen LogP contribution in [0.4, 0.5) is 0 Å². The molecule has 0 radical (unpaired) electrons. The lowest BCUT2D eigenvalue weighted by Crippen LogP contribution is -2.18. The number of nitrogens with two attached hydrogens (primary N) is 1. The summed E-state index contributed by atoms with van der Waals surface area (Å²) in [6.07, 6.45) is 3.57. The second kappa shape index (κ2) is 6.11. The molecule has 19 heavy (non-hydrogen) atoms. The smallest absolute Gasteiger partial charge is 0.248 e. The number of carbonyl (C=O) groups is 1. The Hall–Kier alpha value is -2.20. The maximum Gasteiger partial charge on any atom is 0.248 e. The number of aromatic nitrogens is 1. The van der Waals surface area contributed by atoms with Crippen LogP contribution < -0.4 is 11.1 Å². The van der Waals surface area contributed by atoms with E-state index in [1.165, 1.54) is 5.56 Å². The monoisotopic (exact) mass is 255 g/mol. The van der Waals surface area contributed by atoms with Gasteiger partial charge < -0.3 is 11.1 Å². The van der Waals surface area contributed by atoms with E-state index in [4.69, 9.17) is 5.73 Å². The molecule has 1 aromatic heterocycles. The molecule has 0 spiro atoms. The SMILES string of the molecule is CC(NCc1ccc(C(N)=O)cc1)c1ccncc1. The van der Waals surface area contributed by atoms with Crippen LogP contribution in [0.3, 0.4) is 0 Å². The highest BCUT2D eigenvalue weighted by Crippen LogP contribution is 2.11.